The van der Waals surface area contributed by atoms with Crippen LogP contribution in [0.1, 0.15) is 20.2 Å². The second-order valence-electron chi connectivity index (χ2n) is 4.33. The first-order valence-electron chi connectivity index (χ1n) is 6.40. The van der Waals surface area contributed by atoms with Gasteiger partial charge in [0.1, 0.15) is 0 Å². The van der Waals surface area contributed by atoms with Gasteiger partial charge in [0.15, 0.2) is 11.5 Å². The standard InChI is InChI=1S/C15H11N3O3S/c19-14(16-17-15(20)13-7-4-8-22-13)11-9-12(21-18-11)10-5-2-1-3-6-10/h1-9H,(H,16,19)(H,17,20). The Morgan fingerprint density at radius 1 is 1.00 bits per heavy atom. The molecular formula is C15H11N3O3S. The van der Waals surface area contributed by atoms with Crippen LogP contribution in [0.15, 0.2) is 58.4 Å². The molecule has 0 aliphatic carbocycles. The van der Waals surface area contributed by atoms with Gasteiger partial charge in [-0.15, -0.1) is 11.3 Å². The second-order valence-corrected chi connectivity index (χ2v) is 5.28. The normalized spacial score (nSPS) is 10.2. The summed E-state index contributed by atoms with van der Waals surface area (Å²) in [4.78, 5) is 24.1. The molecule has 22 heavy (non-hydrogen) atoms. The van der Waals surface area contributed by atoms with Crippen LogP contribution in [0, 0.1) is 0 Å². The highest BCUT2D eigenvalue weighted by atomic mass is 32.1. The zero-order valence-corrected chi connectivity index (χ0v) is 12.1. The predicted molar refractivity (Wildman–Crippen MR) is 81.2 cm³/mol. The molecule has 2 amide bonds. The molecule has 6 nitrogen and oxygen atoms in total. The summed E-state index contributed by atoms with van der Waals surface area (Å²) in [6.45, 7) is 0. The van der Waals surface area contributed by atoms with Crippen molar-refractivity contribution in [2.45, 2.75) is 0 Å². The van der Waals surface area contributed by atoms with Crippen LogP contribution in [-0.2, 0) is 0 Å². The lowest BCUT2D eigenvalue weighted by Gasteiger charge is -2.03. The molecule has 0 atom stereocenters. The van der Waals surface area contributed by atoms with Gasteiger partial charge in [0.05, 0.1) is 4.88 Å². The topological polar surface area (TPSA) is 84.2 Å². The van der Waals surface area contributed by atoms with Gasteiger partial charge in [-0.3, -0.25) is 20.4 Å². The molecule has 110 valence electrons. The first-order valence-corrected chi connectivity index (χ1v) is 7.28. The van der Waals surface area contributed by atoms with E-state index in [2.05, 4.69) is 16.0 Å². The number of carbonyl (C=O) groups excluding carboxylic acids is 2. The van der Waals surface area contributed by atoms with E-state index in [4.69, 9.17) is 4.52 Å². The Balaban J connectivity index is 1.64. The number of aromatic nitrogens is 1. The van der Waals surface area contributed by atoms with Gasteiger partial charge < -0.3 is 4.52 Å². The molecule has 0 saturated heterocycles. The number of hydrazine groups is 1. The van der Waals surface area contributed by atoms with Crippen LogP contribution in [0.2, 0.25) is 0 Å². The summed E-state index contributed by atoms with van der Waals surface area (Å²) < 4.78 is 5.13. The Morgan fingerprint density at radius 3 is 2.50 bits per heavy atom. The molecule has 0 saturated carbocycles. The summed E-state index contributed by atoms with van der Waals surface area (Å²) in [5, 5.41) is 5.48. The Bertz CT molecular complexity index is 781. The van der Waals surface area contributed by atoms with Crippen molar-refractivity contribution in [2.75, 3.05) is 0 Å². The molecule has 2 heterocycles. The molecular weight excluding hydrogens is 302 g/mol. The largest absolute Gasteiger partial charge is 0.355 e. The lowest BCUT2D eigenvalue weighted by atomic mass is 10.1. The SMILES string of the molecule is O=C(NNC(=O)c1cccs1)c1cc(-c2ccccc2)on1. The molecule has 2 N–H and O–H groups in total. The first-order chi connectivity index (χ1) is 10.7. The zero-order valence-electron chi connectivity index (χ0n) is 11.3. The fraction of sp³-hybridized carbons (Fsp3) is 0. The summed E-state index contributed by atoms with van der Waals surface area (Å²) in [6, 6.07) is 14.2. The van der Waals surface area contributed by atoms with Gasteiger partial charge in [0, 0.05) is 11.6 Å². The average Bonchev–Trinajstić information content (AvgIpc) is 3.24. The Kier molecular flexibility index (Phi) is 3.97. The number of hydrogen-bond donors (Lipinski definition) is 2. The quantitative estimate of drug-likeness (QED) is 0.728. The van der Waals surface area contributed by atoms with Gasteiger partial charge in [0.25, 0.3) is 11.8 Å². The maximum absolute atomic E-state index is 11.9. The summed E-state index contributed by atoms with van der Waals surface area (Å²) in [7, 11) is 0. The highest BCUT2D eigenvalue weighted by Crippen LogP contribution is 2.19. The number of carbonyl (C=O) groups is 2. The van der Waals surface area contributed by atoms with Crippen molar-refractivity contribution in [3.8, 4) is 11.3 Å². The predicted octanol–water partition coefficient (Wildman–Crippen LogP) is 2.48. The Labute approximate surface area is 129 Å². The maximum Gasteiger partial charge on any atom is 0.291 e. The van der Waals surface area contributed by atoms with Crippen LogP contribution in [0.25, 0.3) is 11.3 Å². The van der Waals surface area contributed by atoms with Gasteiger partial charge in [0.2, 0.25) is 0 Å². The fourth-order valence-corrected chi connectivity index (χ4v) is 2.39. The third-order valence-corrected chi connectivity index (χ3v) is 3.70. The van der Waals surface area contributed by atoms with E-state index in [1.165, 1.54) is 17.4 Å². The van der Waals surface area contributed by atoms with Crippen LogP contribution in [0.4, 0.5) is 0 Å². The van der Waals surface area contributed by atoms with Crippen molar-refractivity contribution >= 4 is 23.2 Å². The molecule has 0 fully saturated rings. The number of nitrogens with zero attached hydrogens (tertiary/aromatic N) is 1. The summed E-state index contributed by atoms with van der Waals surface area (Å²) in [5.41, 5.74) is 5.52. The van der Waals surface area contributed by atoms with E-state index >= 15 is 0 Å². The molecule has 3 rings (SSSR count). The Hall–Kier alpha value is -2.93. The highest BCUT2D eigenvalue weighted by molar-refractivity contribution is 7.12. The molecule has 0 bridgehead atoms. The van der Waals surface area contributed by atoms with Gasteiger partial charge >= 0.3 is 0 Å². The van der Waals surface area contributed by atoms with E-state index in [0.717, 1.165) is 5.56 Å². The number of rotatable bonds is 3. The molecule has 0 spiro atoms. The van der Waals surface area contributed by atoms with E-state index < -0.39 is 5.91 Å². The van der Waals surface area contributed by atoms with Crippen molar-refractivity contribution in [1.82, 2.24) is 16.0 Å². The fourth-order valence-electron chi connectivity index (χ4n) is 1.77. The lowest BCUT2D eigenvalue weighted by molar-refractivity contribution is 0.0843. The molecule has 1 aromatic carbocycles. The first kappa shape index (κ1) is 14.0. The molecule has 0 radical (unpaired) electrons. The summed E-state index contributed by atoms with van der Waals surface area (Å²) in [5.74, 6) is -0.443. The Morgan fingerprint density at radius 2 is 1.77 bits per heavy atom. The van der Waals surface area contributed by atoms with Gasteiger partial charge in [-0.25, -0.2) is 0 Å². The van der Waals surface area contributed by atoms with Crippen LogP contribution >= 0.6 is 11.3 Å². The monoisotopic (exact) mass is 313 g/mol. The second kappa shape index (κ2) is 6.23. The van der Waals surface area contributed by atoms with Crippen molar-refractivity contribution in [3.05, 3.63) is 64.5 Å². The molecule has 3 aromatic rings. The van der Waals surface area contributed by atoms with Crippen LogP contribution in [-0.4, -0.2) is 17.0 Å². The van der Waals surface area contributed by atoms with E-state index in [0.29, 0.717) is 10.6 Å². The summed E-state index contributed by atoms with van der Waals surface area (Å²) in [6.07, 6.45) is 0. The molecule has 0 aliphatic rings. The van der Waals surface area contributed by atoms with Gasteiger partial charge in [-0.1, -0.05) is 41.6 Å². The minimum Gasteiger partial charge on any atom is -0.355 e. The lowest BCUT2D eigenvalue weighted by Crippen LogP contribution is -2.41. The van der Waals surface area contributed by atoms with E-state index in [1.807, 2.05) is 30.3 Å². The minimum atomic E-state index is -0.546. The summed E-state index contributed by atoms with van der Waals surface area (Å²) >= 11 is 1.28. The van der Waals surface area contributed by atoms with Crippen molar-refractivity contribution in [1.29, 1.82) is 0 Å². The third kappa shape index (κ3) is 3.04. The molecule has 7 heteroatoms. The van der Waals surface area contributed by atoms with Crippen molar-refractivity contribution < 1.29 is 14.1 Å². The van der Waals surface area contributed by atoms with Crippen LogP contribution < -0.4 is 10.9 Å². The zero-order chi connectivity index (χ0) is 15.4. The van der Waals surface area contributed by atoms with Crippen molar-refractivity contribution in [3.63, 3.8) is 0 Å². The number of thiophene rings is 1. The van der Waals surface area contributed by atoms with E-state index in [-0.39, 0.29) is 11.6 Å². The third-order valence-electron chi connectivity index (χ3n) is 2.84. The van der Waals surface area contributed by atoms with Crippen LogP contribution in [0.5, 0.6) is 0 Å². The smallest absolute Gasteiger partial charge is 0.291 e. The number of amides is 2. The number of nitrogens with one attached hydrogen (secondary N) is 2. The van der Waals surface area contributed by atoms with Crippen LogP contribution in [0.3, 0.4) is 0 Å². The molecule has 2 aromatic heterocycles. The average molecular weight is 313 g/mol. The molecule has 0 aliphatic heterocycles. The highest BCUT2D eigenvalue weighted by Gasteiger charge is 2.15. The minimum absolute atomic E-state index is 0.0883. The molecule has 0 unspecified atom stereocenters. The maximum atomic E-state index is 11.9. The van der Waals surface area contributed by atoms with E-state index in [1.54, 1.807) is 17.5 Å². The van der Waals surface area contributed by atoms with Gasteiger partial charge in [-0.2, -0.15) is 0 Å². The van der Waals surface area contributed by atoms with E-state index in [9.17, 15) is 9.59 Å². The number of benzene rings is 1. The van der Waals surface area contributed by atoms with Gasteiger partial charge in [-0.05, 0) is 11.4 Å². The van der Waals surface area contributed by atoms with Crippen molar-refractivity contribution in [2.24, 2.45) is 0 Å². The number of hydrogen-bond acceptors (Lipinski definition) is 5.